The van der Waals surface area contributed by atoms with Crippen LogP contribution in [0.25, 0.3) is 0 Å². The third kappa shape index (κ3) is 6.18. The van der Waals surface area contributed by atoms with Crippen molar-refractivity contribution in [2.45, 2.75) is 13.3 Å². The first-order chi connectivity index (χ1) is 18.4. The highest BCUT2D eigenvalue weighted by Gasteiger charge is 2.37. The summed E-state index contributed by atoms with van der Waals surface area (Å²) in [6, 6.07) is 19.6. The van der Waals surface area contributed by atoms with Gasteiger partial charge in [-0.15, -0.1) is 0 Å². The standard InChI is InChI=1S/C29H27NO8/c1-3-36-26-10-5-4-9-24(26)30-17-21(16-27(30)32)28(33)37-18-25(31)19-11-13-22(14-12-19)38-29(34)20-7-6-8-23(15-20)35-2/h4-15,21H,3,16-18H2,1-2H3/t21-/m0/s1. The second-order valence-corrected chi connectivity index (χ2v) is 8.48. The molecule has 0 aliphatic carbocycles. The Labute approximate surface area is 219 Å². The van der Waals surface area contributed by atoms with Crippen LogP contribution >= 0.6 is 0 Å². The maximum atomic E-state index is 12.6. The normalized spacial score (nSPS) is 14.6. The quantitative estimate of drug-likeness (QED) is 0.225. The summed E-state index contributed by atoms with van der Waals surface area (Å²) in [5.74, 6) is -1.18. The van der Waals surface area contributed by atoms with Crippen LogP contribution in [0.3, 0.4) is 0 Å². The Hall–Kier alpha value is -4.66. The highest BCUT2D eigenvalue weighted by Crippen LogP contribution is 2.33. The number of methoxy groups -OCH3 is 1. The fourth-order valence-corrected chi connectivity index (χ4v) is 4.02. The molecule has 1 aliphatic heterocycles. The predicted octanol–water partition coefficient (Wildman–Crippen LogP) is 4.09. The van der Waals surface area contributed by atoms with Crippen molar-refractivity contribution in [2.24, 2.45) is 5.92 Å². The lowest BCUT2D eigenvalue weighted by atomic mass is 10.1. The van der Waals surface area contributed by atoms with Gasteiger partial charge in [0.2, 0.25) is 5.91 Å². The number of carbonyl (C=O) groups excluding carboxylic acids is 4. The number of para-hydroxylation sites is 2. The van der Waals surface area contributed by atoms with E-state index in [1.54, 1.807) is 42.5 Å². The van der Waals surface area contributed by atoms with Gasteiger partial charge in [0.15, 0.2) is 12.4 Å². The van der Waals surface area contributed by atoms with E-state index in [-0.39, 0.29) is 30.2 Å². The highest BCUT2D eigenvalue weighted by atomic mass is 16.5. The smallest absolute Gasteiger partial charge is 0.343 e. The largest absolute Gasteiger partial charge is 0.497 e. The van der Waals surface area contributed by atoms with Crippen LogP contribution in [-0.2, 0) is 14.3 Å². The van der Waals surface area contributed by atoms with E-state index in [2.05, 4.69) is 0 Å². The zero-order chi connectivity index (χ0) is 27.1. The minimum absolute atomic E-state index is 0.0131. The van der Waals surface area contributed by atoms with Crippen LogP contribution in [0.4, 0.5) is 5.69 Å². The number of carbonyl (C=O) groups is 4. The maximum Gasteiger partial charge on any atom is 0.343 e. The van der Waals surface area contributed by atoms with Crippen molar-refractivity contribution < 1.29 is 38.1 Å². The Morgan fingerprint density at radius 1 is 0.921 bits per heavy atom. The Bertz CT molecular complexity index is 1330. The Kier molecular flexibility index (Phi) is 8.37. The summed E-state index contributed by atoms with van der Waals surface area (Å²) in [6.07, 6.45) is -0.0131. The topological polar surface area (TPSA) is 108 Å². The molecule has 0 N–H and O–H groups in total. The summed E-state index contributed by atoms with van der Waals surface area (Å²) >= 11 is 0. The zero-order valence-electron chi connectivity index (χ0n) is 21.0. The molecule has 0 saturated carbocycles. The molecule has 9 heteroatoms. The molecule has 0 unspecified atom stereocenters. The van der Waals surface area contributed by atoms with Crippen LogP contribution in [0, 0.1) is 5.92 Å². The van der Waals surface area contributed by atoms with E-state index in [0.29, 0.717) is 29.4 Å². The number of Topliss-reactive ketones (excluding diaryl/α,β-unsaturated/α-hetero) is 1. The molecule has 1 aliphatic rings. The first-order valence-electron chi connectivity index (χ1n) is 12.1. The molecular formula is C29H27NO8. The predicted molar refractivity (Wildman–Crippen MR) is 138 cm³/mol. The van der Waals surface area contributed by atoms with Crippen molar-refractivity contribution in [3.8, 4) is 17.2 Å². The van der Waals surface area contributed by atoms with Gasteiger partial charge >= 0.3 is 11.9 Å². The Morgan fingerprint density at radius 3 is 2.42 bits per heavy atom. The van der Waals surface area contributed by atoms with Gasteiger partial charge in [0.1, 0.15) is 17.2 Å². The molecule has 0 bridgehead atoms. The highest BCUT2D eigenvalue weighted by molar-refractivity contribution is 6.01. The van der Waals surface area contributed by atoms with E-state index in [4.69, 9.17) is 18.9 Å². The van der Waals surface area contributed by atoms with Gasteiger partial charge in [-0.2, -0.15) is 0 Å². The monoisotopic (exact) mass is 517 g/mol. The van der Waals surface area contributed by atoms with Gasteiger partial charge in [-0.25, -0.2) is 4.79 Å². The molecule has 0 spiro atoms. The number of amides is 1. The van der Waals surface area contributed by atoms with Crippen molar-refractivity contribution >= 4 is 29.3 Å². The Balaban J connectivity index is 1.30. The van der Waals surface area contributed by atoms with E-state index in [1.807, 2.05) is 13.0 Å². The molecule has 3 aromatic carbocycles. The van der Waals surface area contributed by atoms with Crippen LogP contribution in [-0.4, -0.2) is 50.5 Å². The van der Waals surface area contributed by atoms with Crippen LogP contribution in [0.15, 0.2) is 72.8 Å². The number of nitrogens with zero attached hydrogens (tertiary/aromatic N) is 1. The number of hydrogen-bond acceptors (Lipinski definition) is 8. The van der Waals surface area contributed by atoms with Crippen LogP contribution < -0.4 is 19.1 Å². The van der Waals surface area contributed by atoms with Crippen LogP contribution in [0.5, 0.6) is 17.2 Å². The molecule has 1 amide bonds. The van der Waals surface area contributed by atoms with Gasteiger partial charge in [0.05, 0.1) is 30.9 Å². The van der Waals surface area contributed by atoms with E-state index >= 15 is 0 Å². The molecule has 196 valence electrons. The van der Waals surface area contributed by atoms with E-state index in [9.17, 15) is 19.2 Å². The van der Waals surface area contributed by atoms with Crippen molar-refractivity contribution in [2.75, 3.05) is 31.8 Å². The first kappa shape index (κ1) is 26.4. The maximum absolute atomic E-state index is 12.6. The third-order valence-electron chi connectivity index (χ3n) is 5.95. The van der Waals surface area contributed by atoms with Gasteiger partial charge in [-0.1, -0.05) is 18.2 Å². The molecule has 9 nitrogen and oxygen atoms in total. The Morgan fingerprint density at radius 2 is 1.68 bits per heavy atom. The summed E-state index contributed by atoms with van der Waals surface area (Å²) < 4.78 is 21.3. The number of anilines is 1. The lowest BCUT2D eigenvalue weighted by Gasteiger charge is -2.19. The average molecular weight is 518 g/mol. The van der Waals surface area contributed by atoms with E-state index < -0.39 is 30.2 Å². The van der Waals surface area contributed by atoms with Gasteiger partial charge in [0, 0.05) is 18.5 Å². The SMILES string of the molecule is CCOc1ccccc1N1C[C@@H](C(=O)OCC(=O)c2ccc(OC(=O)c3cccc(OC)c3)cc2)CC1=O. The number of hydrogen-bond donors (Lipinski definition) is 0. The first-order valence-corrected chi connectivity index (χ1v) is 12.1. The fraction of sp³-hybridized carbons (Fsp3) is 0.241. The molecule has 0 aromatic heterocycles. The number of ketones is 1. The summed E-state index contributed by atoms with van der Waals surface area (Å²) in [5.41, 5.74) is 1.20. The lowest BCUT2D eigenvalue weighted by Crippen LogP contribution is -2.27. The zero-order valence-corrected chi connectivity index (χ0v) is 21.0. The number of benzene rings is 3. The summed E-state index contributed by atoms with van der Waals surface area (Å²) in [5, 5.41) is 0. The van der Waals surface area contributed by atoms with E-state index in [0.717, 1.165) is 0 Å². The molecular weight excluding hydrogens is 490 g/mol. The van der Waals surface area contributed by atoms with Crippen molar-refractivity contribution in [1.82, 2.24) is 0 Å². The molecule has 3 aromatic rings. The van der Waals surface area contributed by atoms with Crippen molar-refractivity contribution in [3.63, 3.8) is 0 Å². The van der Waals surface area contributed by atoms with Gasteiger partial charge in [-0.3, -0.25) is 14.4 Å². The van der Waals surface area contributed by atoms with Gasteiger partial charge < -0.3 is 23.8 Å². The number of rotatable bonds is 10. The number of esters is 2. The van der Waals surface area contributed by atoms with Crippen molar-refractivity contribution in [1.29, 1.82) is 0 Å². The lowest BCUT2D eigenvalue weighted by molar-refractivity contribution is -0.147. The second-order valence-electron chi connectivity index (χ2n) is 8.48. The third-order valence-corrected chi connectivity index (χ3v) is 5.95. The summed E-state index contributed by atoms with van der Waals surface area (Å²) in [6.45, 7) is 1.96. The molecule has 38 heavy (non-hydrogen) atoms. The van der Waals surface area contributed by atoms with Crippen molar-refractivity contribution in [3.05, 3.63) is 83.9 Å². The van der Waals surface area contributed by atoms with Crippen LogP contribution in [0.2, 0.25) is 0 Å². The molecule has 1 atom stereocenters. The van der Waals surface area contributed by atoms with Gasteiger partial charge in [0.25, 0.3) is 0 Å². The second kappa shape index (κ2) is 12.1. The van der Waals surface area contributed by atoms with Gasteiger partial charge in [-0.05, 0) is 61.5 Å². The summed E-state index contributed by atoms with van der Waals surface area (Å²) in [4.78, 5) is 51.6. The molecule has 4 rings (SSSR count). The van der Waals surface area contributed by atoms with Crippen LogP contribution in [0.1, 0.15) is 34.1 Å². The molecule has 1 fully saturated rings. The van der Waals surface area contributed by atoms with E-state index in [1.165, 1.54) is 36.3 Å². The average Bonchev–Trinajstić information content (AvgIpc) is 3.33. The minimum atomic E-state index is -0.691. The molecule has 0 radical (unpaired) electrons. The fourth-order valence-electron chi connectivity index (χ4n) is 4.02. The number of ether oxygens (including phenoxy) is 4. The molecule has 1 saturated heterocycles. The minimum Gasteiger partial charge on any atom is -0.497 e. The summed E-state index contributed by atoms with van der Waals surface area (Å²) in [7, 11) is 1.50. The molecule has 1 heterocycles.